The molecule has 2 atom stereocenters. The second kappa shape index (κ2) is 3.76. The third-order valence-electron chi connectivity index (χ3n) is 3.41. The van der Waals surface area contributed by atoms with Gasteiger partial charge in [0.15, 0.2) is 0 Å². The molecule has 0 N–H and O–H groups in total. The van der Waals surface area contributed by atoms with E-state index in [9.17, 15) is 0 Å². The van der Waals surface area contributed by atoms with Crippen molar-refractivity contribution in [2.75, 3.05) is 0 Å². The van der Waals surface area contributed by atoms with Crippen LogP contribution in [-0.2, 0) is 0 Å². The molecule has 1 aliphatic rings. The normalized spacial score (nSPS) is 33.2. The van der Waals surface area contributed by atoms with E-state index in [-0.39, 0.29) is 0 Å². The van der Waals surface area contributed by atoms with E-state index in [0.29, 0.717) is 6.04 Å². The Morgan fingerprint density at radius 3 is 2.36 bits per heavy atom. The fraction of sp³-hybridized carbons (Fsp3) is 0.750. The van der Waals surface area contributed by atoms with Crippen molar-refractivity contribution in [3.63, 3.8) is 0 Å². The van der Waals surface area contributed by atoms with Crippen LogP contribution in [0.2, 0.25) is 0 Å². The van der Waals surface area contributed by atoms with E-state index in [0.717, 1.165) is 17.7 Å². The summed E-state index contributed by atoms with van der Waals surface area (Å²) in [5.41, 5.74) is 0. The molecule has 2 unspecified atom stereocenters. The first-order valence-electron chi connectivity index (χ1n) is 5.66. The van der Waals surface area contributed by atoms with Gasteiger partial charge in [0.25, 0.3) is 0 Å². The van der Waals surface area contributed by atoms with Crippen molar-refractivity contribution in [1.82, 2.24) is 9.55 Å². The first-order chi connectivity index (χ1) is 6.66. The molecule has 0 radical (unpaired) electrons. The van der Waals surface area contributed by atoms with Crippen LogP contribution in [0.3, 0.4) is 0 Å². The van der Waals surface area contributed by atoms with E-state index in [1.807, 2.05) is 6.20 Å². The molecule has 1 heterocycles. The quantitative estimate of drug-likeness (QED) is 0.668. The number of imidazole rings is 1. The highest BCUT2D eigenvalue weighted by atomic mass is 15.1. The Balaban J connectivity index is 2.15. The molecule has 1 saturated carbocycles. The van der Waals surface area contributed by atoms with Gasteiger partial charge in [0.05, 0.1) is 0 Å². The van der Waals surface area contributed by atoms with Gasteiger partial charge in [0, 0.05) is 18.4 Å². The molecule has 0 amide bonds. The van der Waals surface area contributed by atoms with E-state index in [1.54, 1.807) is 0 Å². The van der Waals surface area contributed by atoms with Gasteiger partial charge in [-0.15, -0.1) is 0 Å². The zero-order valence-electron chi connectivity index (χ0n) is 9.40. The summed E-state index contributed by atoms with van der Waals surface area (Å²) < 4.78 is 2.35. The third kappa shape index (κ3) is 1.84. The number of nitrogens with zero attached hydrogens (tertiary/aromatic N) is 2. The van der Waals surface area contributed by atoms with Crippen LogP contribution in [0.5, 0.6) is 0 Å². The van der Waals surface area contributed by atoms with Crippen LogP contribution in [0.25, 0.3) is 0 Å². The Hall–Kier alpha value is -0.790. The van der Waals surface area contributed by atoms with Crippen LogP contribution in [-0.4, -0.2) is 9.55 Å². The maximum Gasteiger partial charge on any atom is 0.105 e. The molecule has 0 bridgehead atoms. The highest BCUT2D eigenvalue weighted by Crippen LogP contribution is 2.36. The van der Waals surface area contributed by atoms with E-state index < -0.39 is 0 Å². The predicted molar refractivity (Wildman–Crippen MR) is 58.2 cm³/mol. The zero-order chi connectivity index (χ0) is 10.1. The number of hydrogen-bond donors (Lipinski definition) is 0. The number of aromatic nitrogens is 2. The van der Waals surface area contributed by atoms with Crippen LogP contribution in [0, 0.1) is 18.8 Å². The molecule has 0 aliphatic heterocycles. The molecule has 2 heteroatoms. The Morgan fingerprint density at radius 2 is 1.86 bits per heavy atom. The molecule has 1 aliphatic carbocycles. The Labute approximate surface area is 86.3 Å². The van der Waals surface area contributed by atoms with Gasteiger partial charge in [0.1, 0.15) is 5.82 Å². The average molecular weight is 192 g/mol. The molecule has 14 heavy (non-hydrogen) atoms. The summed E-state index contributed by atoms with van der Waals surface area (Å²) in [7, 11) is 0. The Morgan fingerprint density at radius 1 is 1.21 bits per heavy atom. The van der Waals surface area contributed by atoms with Gasteiger partial charge in [-0.2, -0.15) is 0 Å². The van der Waals surface area contributed by atoms with Crippen LogP contribution in [0.15, 0.2) is 12.4 Å². The highest BCUT2D eigenvalue weighted by molar-refractivity contribution is 4.94. The molecular weight excluding hydrogens is 172 g/mol. The lowest BCUT2D eigenvalue weighted by molar-refractivity contribution is 0.219. The molecule has 1 fully saturated rings. The van der Waals surface area contributed by atoms with Crippen molar-refractivity contribution in [2.45, 2.75) is 46.1 Å². The van der Waals surface area contributed by atoms with Gasteiger partial charge < -0.3 is 4.57 Å². The lowest BCUT2D eigenvalue weighted by atomic mass is 9.80. The van der Waals surface area contributed by atoms with Crippen molar-refractivity contribution >= 4 is 0 Å². The minimum Gasteiger partial charge on any atom is -0.332 e. The molecule has 0 saturated heterocycles. The maximum atomic E-state index is 4.30. The van der Waals surface area contributed by atoms with E-state index in [2.05, 4.69) is 36.5 Å². The van der Waals surface area contributed by atoms with E-state index >= 15 is 0 Å². The second-order valence-electron chi connectivity index (χ2n) is 4.95. The molecular formula is C12H20N2. The Kier molecular flexibility index (Phi) is 2.62. The van der Waals surface area contributed by atoms with Crippen molar-refractivity contribution in [1.29, 1.82) is 0 Å². The summed E-state index contributed by atoms with van der Waals surface area (Å²) in [4.78, 5) is 4.30. The Bertz CT molecular complexity index is 293. The van der Waals surface area contributed by atoms with Gasteiger partial charge in [-0.1, -0.05) is 13.8 Å². The lowest BCUT2D eigenvalue weighted by Crippen LogP contribution is -2.22. The van der Waals surface area contributed by atoms with Gasteiger partial charge >= 0.3 is 0 Å². The number of aryl methyl sites for hydroxylation is 1. The maximum absolute atomic E-state index is 4.30. The minimum absolute atomic E-state index is 0.691. The first kappa shape index (κ1) is 9.75. The zero-order valence-corrected chi connectivity index (χ0v) is 9.40. The molecule has 2 rings (SSSR count). The molecule has 1 aromatic rings. The van der Waals surface area contributed by atoms with Crippen molar-refractivity contribution < 1.29 is 0 Å². The van der Waals surface area contributed by atoms with Gasteiger partial charge in [0.2, 0.25) is 0 Å². The van der Waals surface area contributed by atoms with Gasteiger partial charge in [-0.05, 0) is 38.0 Å². The van der Waals surface area contributed by atoms with Crippen molar-refractivity contribution in [3.05, 3.63) is 18.2 Å². The van der Waals surface area contributed by atoms with Gasteiger partial charge in [-0.25, -0.2) is 4.98 Å². The van der Waals surface area contributed by atoms with Crippen molar-refractivity contribution in [2.24, 2.45) is 11.8 Å². The van der Waals surface area contributed by atoms with E-state index in [4.69, 9.17) is 0 Å². The molecule has 78 valence electrons. The summed E-state index contributed by atoms with van der Waals surface area (Å²) in [6.45, 7) is 6.84. The topological polar surface area (TPSA) is 17.8 Å². The van der Waals surface area contributed by atoms with Crippen LogP contribution >= 0.6 is 0 Å². The van der Waals surface area contributed by atoms with Crippen LogP contribution in [0.1, 0.15) is 45.0 Å². The van der Waals surface area contributed by atoms with E-state index in [1.165, 1.54) is 19.3 Å². The fourth-order valence-corrected chi connectivity index (χ4v) is 2.91. The minimum atomic E-state index is 0.691. The standard InChI is InChI=1S/C12H20N2/c1-9-6-10(2)8-12(7-9)14-5-4-13-11(14)3/h4-5,9-10,12H,6-8H2,1-3H3. The fourth-order valence-electron chi connectivity index (χ4n) is 2.91. The highest BCUT2D eigenvalue weighted by Gasteiger charge is 2.25. The average Bonchev–Trinajstić information content (AvgIpc) is 2.49. The molecule has 0 aromatic carbocycles. The molecule has 1 aromatic heterocycles. The number of rotatable bonds is 1. The second-order valence-corrected chi connectivity index (χ2v) is 4.95. The van der Waals surface area contributed by atoms with Gasteiger partial charge in [-0.3, -0.25) is 0 Å². The SMILES string of the molecule is Cc1nccn1C1CC(C)CC(C)C1. The summed E-state index contributed by atoms with van der Waals surface area (Å²) >= 11 is 0. The lowest BCUT2D eigenvalue weighted by Gasteiger charge is -2.32. The summed E-state index contributed by atoms with van der Waals surface area (Å²) in [6.07, 6.45) is 8.08. The largest absolute Gasteiger partial charge is 0.332 e. The summed E-state index contributed by atoms with van der Waals surface area (Å²) in [6, 6.07) is 0.691. The molecule has 2 nitrogen and oxygen atoms in total. The molecule has 0 spiro atoms. The summed E-state index contributed by atoms with van der Waals surface area (Å²) in [5.74, 6) is 2.90. The summed E-state index contributed by atoms with van der Waals surface area (Å²) in [5, 5.41) is 0. The first-order valence-corrected chi connectivity index (χ1v) is 5.66. The third-order valence-corrected chi connectivity index (χ3v) is 3.41. The van der Waals surface area contributed by atoms with Crippen LogP contribution in [0.4, 0.5) is 0 Å². The number of hydrogen-bond acceptors (Lipinski definition) is 1. The van der Waals surface area contributed by atoms with Crippen molar-refractivity contribution in [3.8, 4) is 0 Å². The smallest absolute Gasteiger partial charge is 0.105 e. The predicted octanol–water partition coefficient (Wildman–Crippen LogP) is 3.19. The monoisotopic (exact) mass is 192 g/mol. The van der Waals surface area contributed by atoms with Crippen LogP contribution < -0.4 is 0 Å².